The first-order valence-corrected chi connectivity index (χ1v) is 4.83. The normalized spacial score (nSPS) is 10.3. The van der Waals surface area contributed by atoms with Crippen LogP contribution in [0.5, 0.6) is 0 Å². The summed E-state index contributed by atoms with van der Waals surface area (Å²) in [6, 6.07) is 1.95. The highest BCUT2D eigenvalue weighted by molar-refractivity contribution is 7.12. The lowest BCUT2D eigenvalue weighted by molar-refractivity contribution is 0.0967. The summed E-state index contributed by atoms with van der Waals surface area (Å²) in [5.74, 6) is 0.506. The number of nitrogens with one attached hydrogen (secondary N) is 1. The average molecular weight is 183 g/mol. The van der Waals surface area contributed by atoms with E-state index in [1.54, 1.807) is 7.05 Å². The zero-order chi connectivity index (χ0) is 9.14. The van der Waals surface area contributed by atoms with Crippen LogP contribution in [0.25, 0.3) is 0 Å². The van der Waals surface area contributed by atoms with Crippen molar-refractivity contribution >= 4 is 17.2 Å². The van der Waals surface area contributed by atoms with E-state index in [9.17, 15) is 4.79 Å². The molecule has 1 amide bonds. The van der Waals surface area contributed by atoms with E-state index >= 15 is 0 Å². The number of rotatable bonds is 2. The summed E-state index contributed by atoms with van der Waals surface area (Å²) < 4.78 is 0. The topological polar surface area (TPSA) is 29.1 Å². The first-order valence-electron chi connectivity index (χ1n) is 3.95. The van der Waals surface area contributed by atoms with Crippen molar-refractivity contribution in [2.24, 2.45) is 0 Å². The molecule has 0 aliphatic heterocycles. The molecule has 0 aromatic carbocycles. The highest BCUT2D eigenvalue weighted by Gasteiger charge is 2.08. The molecular weight excluding hydrogens is 170 g/mol. The number of carbonyl (C=O) groups excluding carboxylic acids is 1. The lowest BCUT2D eigenvalue weighted by Gasteiger charge is -1.97. The summed E-state index contributed by atoms with van der Waals surface area (Å²) in [5, 5.41) is 4.64. The molecule has 1 rings (SSSR count). The molecule has 0 bridgehead atoms. The zero-order valence-electron chi connectivity index (χ0n) is 7.55. The van der Waals surface area contributed by atoms with Gasteiger partial charge in [-0.15, -0.1) is 11.3 Å². The number of hydrogen-bond donors (Lipinski definition) is 1. The van der Waals surface area contributed by atoms with E-state index < -0.39 is 0 Å². The van der Waals surface area contributed by atoms with Gasteiger partial charge in [0.1, 0.15) is 0 Å². The van der Waals surface area contributed by atoms with Gasteiger partial charge in [0.25, 0.3) is 5.91 Å². The molecule has 1 N–H and O–H groups in total. The molecule has 66 valence electrons. The van der Waals surface area contributed by atoms with E-state index in [-0.39, 0.29) is 5.91 Å². The number of thiophene rings is 1. The fraction of sp³-hybridized carbons (Fsp3) is 0.444. The molecule has 0 saturated heterocycles. The van der Waals surface area contributed by atoms with Gasteiger partial charge in [0.15, 0.2) is 0 Å². The van der Waals surface area contributed by atoms with Gasteiger partial charge in [-0.25, -0.2) is 0 Å². The Morgan fingerprint density at radius 1 is 1.58 bits per heavy atom. The molecule has 0 unspecified atom stereocenters. The SMILES string of the molecule is CNC(=O)c1cc(C(C)C)cs1. The van der Waals surface area contributed by atoms with Crippen molar-refractivity contribution in [3.63, 3.8) is 0 Å². The second kappa shape index (κ2) is 3.72. The fourth-order valence-corrected chi connectivity index (χ4v) is 1.91. The molecule has 0 spiro atoms. The number of amides is 1. The maximum absolute atomic E-state index is 11.1. The Morgan fingerprint density at radius 3 is 2.67 bits per heavy atom. The van der Waals surface area contributed by atoms with Crippen molar-refractivity contribution in [3.05, 3.63) is 21.9 Å². The van der Waals surface area contributed by atoms with Crippen molar-refractivity contribution in [2.45, 2.75) is 19.8 Å². The third-order valence-corrected chi connectivity index (χ3v) is 2.68. The Bertz CT molecular complexity index is 278. The molecule has 2 nitrogen and oxygen atoms in total. The standard InChI is InChI=1S/C9H13NOS/c1-6(2)7-4-8(12-5-7)9(11)10-3/h4-6H,1-3H3,(H,10,11). The molecule has 3 heteroatoms. The van der Waals surface area contributed by atoms with Crippen LogP contribution in [0.4, 0.5) is 0 Å². The lowest BCUT2D eigenvalue weighted by atomic mass is 10.1. The summed E-state index contributed by atoms with van der Waals surface area (Å²) in [5.41, 5.74) is 1.23. The molecule has 0 fully saturated rings. The number of hydrogen-bond acceptors (Lipinski definition) is 2. The second-order valence-corrected chi connectivity index (χ2v) is 3.89. The Balaban J connectivity index is 2.84. The first kappa shape index (κ1) is 9.26. The van der Waals surface area contributed by atoms with E-state index in [2.05, 4.69) is 19.2 Å². The lowest BCUT2D eigenvalue weighted by Crippen LogP contribution is -2.16. The summed E-state index contributed by atoms with van der Waals surface area (Å²) >= 11 is 1.50. The Hall–Kier alpha value is -0.830. The van der Waals surface area contributed by atoms with Gasteiger partial charge in [-0.3, -0.25) is 4.79 Å². The Kier molecular flexibility index (Phi) is 2.87. The molecule has 1 aromatic rings. The highest BCUT2D eigenvalue weighted by atomic mass is 32.1. The van der Waals surface area contributed by atoms with Crippen LogP contribution in [0.15, 0.2) is 11.4 Å². The zero-order valence-corrected chi connectivity index (χ0v) is 8.37. The minimum absolute atomic E-state index is 0.00639. The van der Waals surface area contributed by atoms with Gasteiger partial charge in [0, 0.05) is 7.05 Å². The Labute approximate surface area is 76.6 Å². The molecule has 1 aromatic heterocycles. The molecule has 0 aliphatic carbocycles. The van der Waals surface area contributed by atoms with Crippen LogP contribution >= 0.6 is 11.3 Å². The van der Waals surface area contributed by atoms with Crippen LogP contribution in [0.2, 0.25) is 0 Å². The molecule has 0 radical (unpaired) electrons. The van der Waals surface area contributed by atoms with Crippen LogP contribution in [0.1, 0.15) is 35.0 Å². The van der Waals surface area contributed by atoms with Crippen molar-refractivity contribution in [3.8, 4) is 0 Å². The van der Waals surface area contributed by atoms with Crippen LogP contribution in [0.3, 0.4) is 0 Å². The van der Waals surface area contributed by atoms with Gasteiger partial charge in [-0.2, -0.15) is 0 Å². The summed E-state index contributed by atoms with van der Waals surface area (Å²) in [4.78, 5) is 11.9. The maximum Gasteiger partial charge on any atom is 0.261 e. The van der Waals surface area contributed by atoms with E-state index in [4.69, 9.17) is 0 Å². The Morgan fingerprint density at radius 2 is 2.25 bits per heavy atom. The molecule has 0 atom stereocenters. The minimum Gasteiger partial charge on any atom is -0.354 e. The maximum atomic E-state index is 11.1. The smallest absolute Gasteiger partial charge is 0.261 e. The van der Waals surface area contributed by atoms with Crippen molar-refractivity contribution in [1.29, 1.82) is 0 Å². The van der Waals surface area contributed by atoms with Crippen molar-refractivity contribution < 1.29 is 4.79 Å². The van der Waals surface area contributed by atoms with E-state index in [0.717, 1.165) is 4.88 Å². The summed E-state index contributed by atoms with van der Waals surface area (Å²) in [7, 11) is 1.65. The van der Waals surface area contributed by atoms with Crippen LogP contribution in [0, 0.1) is 0 Å². The van der Waals surface area contributed by atoms with Gasteiger partial charge < -0.3 is 5.32 Å². The predicted octanol–water partition coefficient (Wildman–Crippen LogP) is 2.23. The van der Waals surface area contributed by atoms with Crippen molar-refractivity contribution in [2.75, 3.05) is 7.05 Å². The minimum atomic E-state index is 0.00639. The average Bonchev–Trinajstić information content (AvgIpc) is 2.51. The fourth-order valence-electron chi connectivity index (χ4n) is 0.896. The molecule has 0 saturated carbocycles. The second-order valence-electron chi connectivity index (χ2n) is 2.98. The molecular formula is C9H13NOS. The van der Waals surface area contributed by atoms with Gasteiger partial charge in [-0.05, 0) is 22.9 Å². The number of carbonyl (C=O) groups is 1. The van der Waals surface area contributed by atoms with E-state index in [1.165, 1.54) is 16.9 Å². The quantitative estimate of drug-likeness (QED) is 0.748. The van der Waals surface area contributed by atoms with E-state index in [1.807, 2.05) is 11.4 Å². The summed E-state index contributed by atoms with van der Waals surface area (Å²) in [6.45, 7) is 4.24. The van der Waals surface area contributed by atoms with Gasteiger partial charge in [0.05, 0.1) is 4.88 Å². The highest BCUT2D eigenvalue weighted by Crippen LogP contribution is 2.21. The first-order chi connectivity index (χ1) is 5.65. The van der Waals surface area contributed by atoms with Crippen LogP contribution in [-0.4, -0.2) is 13.0 Å². The third-order valence-electron chi connectivity index (χ3n) is 1.74. The van der Waals surface area contributed by atoms with Gasteiger partial charge in [0.2, 0.25) is 0 Å². The monoisotopic (exact) mass is 183 g/mol. The summed E-state index contributed by atoms with van der Waals surface area (Å²) in [6.07, 6.45) is 0. The third kappa shape index (κ3) is 1.85. The predicted molar refractivity (Wildman–Crippen MR) is 51.8 cm³/mol. The molecule has 0 aliphatic rings. The largest absolute Gasteiger partial charge is 0.354 e. The molecule has 12 heavy (non-hydrogen) atoms. The van der Waals surface area contributed by atoms with Gasteiger partial charge in [-0.1, -0.05) is 13.8 Å². The van der Waals surface area contributed by atoms with Crippen molar-refractivity contribution in [1.82, 2.24) is 5.32 Å². The van der Waals surface area contributed by atoms with Crippen LogP contribution < -0.4 is 5.32 Å². The van der Waals surface area contributed by atoms with E-state index in [0.29, 0.717) is 5.92 Å². The van der Waals surface area contributed by atoms with Gasteiger partial charge >= 0.3 is 0 Å². The molecule has 1 heterocycles. The van der Waals surface area contributed by atoms with Crippen LogP contribution in [-0.2, 0) is 0 Å².